The quantitative estimate of drug-likeness (QED) is 0.380. The lowest BCUT2D eigenvalue weighted by atomic mass is 10.2. The number of nitrogens with one attached hydrogen (secondary N) is 1. The highest BCUT2D eigenvalue weighted by Crippen LogP contribution is 2.30. The number of benzene rings is 2. The Balaban J connectivity index is 1.70. The molecule has 0 atom stereocenters. The minimum atomic E-state index is -0.623. The number of nitrogens with zero attached hydrogens (tertiary/aromatic N) is 1. The van der Waals surface area contributed by atoms with Gasteiger partial charge in [-0.25, -0.2) is 0 Å². The van der Waals surface area contributed by atoms with Crippen LogP contribution in [0.1, 0.15) is 28.8 Å². The number of ether oxygens (including phenoxy) is 2. The van der Waals surface area contributed by atoms with Gasteiger partial charge in [-0.15, -0.1) is 0 Å². The van der Waals surface area contributed by atoms with Gasteiger partial charge in [0, 0.05) is 0 Å². The van der Waals surface area contributed by atoms with Crippen LogP contribution in [0.2, 0.25) is 5.02 Å². The van der Waals surface area contributed by atoms with E-state index in [0.717, 1.165) is 5.56 Å². The summed E-state index contributed by atoms with van der Waals surface area (Å²) in [7, 11) is 0. The van der Waals surface area contributed by atoms with Crippen LogP contribution in [0.4, 0.5) is 11.4 Å². The first-order chi connectivity index (χ1) is 14.4. The van der Waals surface area contributed by atoms with Crippen molar-refractivity contribution in [2.24, 2.45) is 0 Å². The maximum absolute atomic E-state index is 12.5. The summed E-state index contributed by atoms with van der Waals surface area (Å²) in [5.74, 6) is 0.650. The van der Waals surface area contributed by atoms with Crippen LogP contribution < -0.4 is 14.8 Å². The van der Waals surface area contributed by atoms with Crippen molar-refractivity contribution < 1.29 is 23.6 Å². The number of para-hydroxylation sites is 1. The zero-order chi connectivity index (χ0) is 21.7. The number of rotatable bonds is 8. The van der Waals surface area contributed by atoms with E-state index in [1.807, 2.05) is 19.1 Å². The van der Waals surface area contributed by atoms with Crippen molar-refractivity contribution in [1.82, 2.24) is 0 Å². The molecule has 0 unspecified atom stereocenters. The maximum Gasteiger partial charge on any atom is 0.296 e. The van der Waals surface area contributed by atoms with E-state index in [2.05, 4.69) is 5.32 Å². The van der Waals surface area contributed by atoms with Crippen LogP contribution in [-0.4, -0.2) is 17.4 Å². The molecule has 0 saturated carbocycles. The number of nitro benzene ring substituents is 1. The standard InChI is InChI=1S/C21H19ClN2O6/c1-3-28-14-7-9-17(18(11-14)24(26)27)23-21(25)19-10-8-15(30-19)12-29-20-13(2)5-4-6-16(20)22/h4-11H,3,12H2,1-2H3,(H,23,25). The Hall–Kier alpha value is -3.52. The monoisotopic (exact) mass is 430 g/mol. The SMILES string of the molecule is CCOc1ccc(NC(=O)c2ccc(COc3c(C)cccc3Cl)o2)c([N+](=O)[O-])c1. The van der Waals surface area contributed by atoms with E-state index in [9.17, 15) is 14.9 Å². The van der Waals surface area contributed by atoms with Crippen molar-refractivity contribution >= 4 is 28.9 Å². The first-order valence-corrected chi connectivity index (χ1v) is 9.46. The molecule has 1 heterocycles. The highest BCUT2D eigenvalue weighted by molar-refractivity contribution is 6.32. The minimum absolute atomic E-state index is 0.00679. The first kappa shape index (κ1) is 21.2. The number of furan rings is 1. The van der Waals surface area contributed by atoms with Gasteiger partial charge in [0.15, 0.2) is 5.76 Å². The van der Waals surface area contributed by atoms with Crippen molar-refractivity contribution in [1.29, 1.82) is 0 Å². The van der Waals surface area contributed by atoms with Crippen molar-refractivity contribution in [2.75, 3.05) is 11.9 Å². The molecule has 0 bridgehead atoms. The second kappa shape index (κ2) is 9.32. The zero-order valence-corrected chi connectivity index (χ0v) is 17.1. The second-order valence-electron chi connectivity index (χ2n) is 6.26. The van der Waals surface area contributed by atoms with Crippen molar-refractivity contribution in [2.45, 2.75) is 20.5 Å². The molecule has 0 fully saturated rings. The Bertz CT molecular complexity index is 1060. The number of aryl methyl sites for hydroxylation is 1. The van der Waals surface area contributed by atoms with E-state index in [4.69, 9.17) is 25.5 Å². The third kappa shape index (κ3) is 4.90. The lowest BCUT2D eigenvalue weighted by Crippen LogP contribution is -2.12. The van der Waals surface area contributed by atoms with Crippen molar-refractivity contribution in [3.63, 3.8) is 0 Å². The summed E-state index contributed by atoms with van der Waals surface area (Å²) in [6.45, 7) is 4.08. The second-order valence-corrected chi connectivity index (χ2v) is 6.67. The predicted octanol–water partition coefficient (Wildman–Crippen LogP) is 5.38. The lowest BCUT2D eigenvalue weighted by Gasteiger charge is -2.09. The smallest absolute Gasteiger partial charge is 0.296 e. The minimum Gasteiger partial charge on any atom is -0.494 e. The number of hydrogen-bond donors (Lipinski definition) is 1. The summed E-state index contributed by atoms with van der Waals surface area (Å²) < 4.78 is 16.5. The van der Waals surface area contributed by atoms with Gasteiger partial charge in [-0.1, -0.05) is 23.7 Å². The lowest BCUT2D eigenvalue weighted by molar-refractivity contribution is -0.384. The largest absolute Gasteiger partial charge is 0.494 e. The average Bonchev–Trinajstić information content (AvgIpc) is 3.18. The fourth-order valence-corrected chi connectivity index (χ4v) is 3.01. The Morgan fingerprint density at radius 2 is 2.00 bits per heavy atom. The normalized spacial score (nSPS) is 10.5. The summed E-state index contributed by atoms with van der Waals surface area (Å²) in [6.07, 6.45) is 0. The molecule has 0 aliphatic heterocycles. The van der Waals surface area contributed by atoms with Gasteiger partial charge in [0.25, 0.3) is 11.6 Å². The third-order valence-corrected chi connectivity index (χ3v) is 4.43. The Kier molecular flexibility index (Phi) is 6.58. The molecule has 1 amide bonds. The molecule has 30 heavy (non-hydrogen) atoms. The number of anilines is 1. The molecule has 156 valence electrons. The van der Waals surface area contributed by atoms with Gasteiger partial charge in [-0.3, -0.25) is 14.9 Å². The molecule has 2 aromatic carbocycles. The van der Waals surface area contributed by atoms with Gasteiger partial charge in [0.1, 0.15) is 29.6 Å². The maximum atomic E-state index is 12.5. The van der Waals surface area contributed by atoms with E-state index in [1.165, 1.54) is 18.2 Å². The molecular weight excluding hydrogens is 412 g/mol. The fraction of sp³-hybridized carbons (Fsp3) is 0.190. The molecule has 3 aromatic rings. The average molecular weight is 431 g/mol. The van der Waals surface area contributed by atoms with E-state index in [1.54, 1.807) is 25.1 Å². The molecule has 0 saturated heterocycles. The summed E-state index contributed by atoms with van der Waals surface area (Å²) in [5.41, 5.74) is 0.628. The molecule has 1 N–H and O–H groups in total. The van der Waals surface area contributed by atoms with E-state index in [0.29, 0.717) is 28.9 Å². The molecule has 3 rings (SSSR count). The highest BCUT2D eigenvalue weighted by atomic mass is 35.5. The molecule has 0 aliphatic carbocycles. The van der Waals surface area contributed by atoms with E-state index >= 15 is 0 Å². The number of amides is 1. The number of hydrogen-bond acceptors (Lipinski definition) is 6. The van der Waals surface area contributed by atoms with Crippen LogP contribution in [0, 0.1) is 17.0 Å². The van der Waals surface area contributed by atoms with Crippen LogP contribution in [0.15, 0.2) is 52.9 Å². The van der Waals surface area contributed by atoms with Crippen LogP contribution >= 0.6 is 11.6 Å². The van der Waals surface area contributed by atoms with Crippen LogP contribution in [0.25, 0.3) is 0 Å². The molecule has 0 aliphatic rings. The van der Waals surface area contributed by atoms with Crippen molar-refractivity contribution in [3.8, 4) is 11.5 Å². The molecule has 0 spiro atoms. The van der Waals surface area contributed by atoms with Crippen LogP contribution in [-0.2, 0) is 6.61 Å². The summed E-state index contributed by atoms with van der Waals surface area (Å²) in [5, 5.41) is 14.3. The first-order valence-electron chi connectivity index (χ1n) is 9.08. The Labute approximate surface area is 177 Å². The number of carbonyl (C=O) groups is 1. The Morgan fingerprint density at radius 3 is 2.70 bits per heavy atom. The number of halogens is 1. The molecule has 1 aromatic heterocycles. The van der Waals surface area contributed by atoms with Gasteiger partial charge in [-0.05, 0) is 49.7 Å². The van der Waals surface area contributed by atoms with Gasteiger partial charge >= 0.3 is 0 Å². The zero-order valence-electron chi connectivity index (χ0n) is 16.3. The van der Waals surface area contributed by atoms with Crippen molar-refractivity contribution in [3.05, 3.63) is 80.8 Å². The van der Waals surface area contributed by atoms with Crippen LogP contribution in [0.3, 0.4) is 0 Å². The number of carbonyl (C=O) groups excluding carboxylic acids is 1. The summed E-state index contributed by atoms with van der Waals surface area (Å²) >= 11 is 6.13. The molecule has 0 radical (unpaired) electrons. The highest BCUT2D eigenvalue weighted by Gasteiger charge is 2.20. The van der Waals surface area contributed by atoms with Gasteiger partial charge in [-0.2, -0.15) is 0 Å². The van der Waals surface area contributed by atoms with Gasteiger partial charge < -0.3 is 19.2 Å². The summed E-state index contributed by atoms with van der Waals surface area (Å²) in [6, 6.07) is 12.7. The molecule has 8 nitrogen and oxygen atoms in total. The molecular formula is C21H19ClN2O6. The Morgan fingerprint density at radius 1 is 1.20 bits per heavy atom. The topological polar surface area (TPSA) is 104 Å². The van der Waals surface area contributed by atoms with Crippen LogP contribution in [0.5, 0.6) is 11.5 Å². The molecule has 9 heteroatoms. The third-order valence-electron chi connectivity index (χ3n) is 4.13. The number of nitro groups is 1. The van der Waals surface area contributed by atoms with Gasteiger partial charge in [0.2, 0.25) is 0 Å². The van der Waals surface area contributed by atoms with Gasteiger partial charge in [0.05, 0.1) is 22.6 Å². The predicted molar refractivity (Wildman–Crippen MR) is 111 cm³/mol. The van der Waals surface area contributed by atoms with E-state index in [-0.39, 0.29) is 23.7 Å². The summed E-state index contributed by atoms with van der Waals surface area (Å²) in [4.78, 5) is 23.2. The fourth-order valence-electron chi connectivity index (χ4n) is 2.73. The van der Waals surface area contributed by atoms with E-state index < -0.39 is 10.8 Å².